The highest BCUT2D eigenvalue weighted by atomic mass is 16.8. The van der Waals surface area contributed by atoms with Crippen molar-refractivity contribution in [2.24, 2.45) is 0 Å². The van der Waals surface area contributed by atoms with Gasteiger partial charge in [0.1, 0.15) is 73.2 Å². The Morgan fingerprint density at radius 3 is 0.866 bits per heavy atom. The van der Waals surface area contributed by atoms with E-state index in [1.54, 1.807) is 6.08 Å². The summed E-state index contributed by atoms with van der Waals surface area (Å²) in [7, 11) is 0. The largest absolute Gasteiger partial charge is 0.394 e. The molecule has 12 N–H and O–H groups in total. The van der Waals surface area contributed by atoms with Crippen LogP contribution in [-0.2, 0) is 33.2 Å². The SMILES string of the molecule is CCCCCCCCCC/C=C\CCCCCCCCCCCCCCCCCCCCCCCCCCCC(=O)NC(COC1OC(CO)C(OC2OC(CO)C(OC3OC(CO)C(O)C(O)C3O)C(O)C2O)C(O)C1O)C(O)/C=C/CCCCCCCCCCCCCCCCCCCCCCCCCCCCCC. The number of allylic oxidation sites excluding steroid dienone is 3. The van der Waals surface area contributed by atoms with Crippen LogP contribution in [0.3, 0.4) is 0 Å². The van der Waals surface area contributed by atoms with Crippen LogP contribution in [0.1, 0.15) is 431 Å². The minimum atomic E-state index is -1.98. The molecule has 19 heteroatoms. The first-order valence-corrected chi connectivity index (χ1v) is 47.6. The number of aliphatic hydroxyl groups is 11. The third kappa shape index (κ3) is 51.0. The van der Waals surface area contributed by atoms with Crippen molar-refractivity contribution in [3.05, 3.63) is 24.3 Å². The van der Waals surface area contributed by atoms with E-state index in [4.69, 9.17) is 28.4 Å². The lowest BCUT2D eigenvalue weighted by Gasteiger charge is -2.48. The summed E-state index contributed by atoms with van der Waals surface area (Å²) in [5.74, 6) is -0.265. The first-order valence-electron chi connectivity index (χ1n) is 47.6. The van der Waals surface area contributed by atoms with Crippen molar-refractivity contribution < 1.29 is 89.4 Å². The second kappa shape index (κ2) is 73.2. The van der Waals surface area contributed by atoms with Crippen molar-refractivity contribution in [3.63, 3.8) is 0 Å². The number of hydrogen-bond donors (Lipinski definition) is 12. The van der Waals surface area contributed by atoms with Gasteiger partial charge in [-0.25, -0.2) is 0 Å². The number of carbonyl (C=O) groups is 1. The molecule has 0 bridgehead atoms. The molecule has 3 heterocycles. The zero-order chi connectivity index (χ0) is 81.0. The summed E-state index contributed by atoms with van der Waals surface area (Å²) in [6, 6.07) is -0.973. The molecular weight excluding hydrogens is 1420 g/mol. The van der Waals surface area contributed by atoms with Crippen LogP contribution in [0.4, 0.5) is 0 Å². The molecule has 3 fully saturated rings. The van der Waals surface area contributed by atoms with Gasteiger partial charge < -0.3 is 89.9 Å². The lowest BCUT2D eigenvalue weighted by atomic mass is 9.96. The van der Waals surface area contributed by atoms with E-state index in [0.717, 1.165) is 44.9 Å². The quantitative estimate of drug-likeness (QED) is 0.0199. The summed E-state index contributed by atoms with van der Waals surface area (Å²) in [6.45, 7) is 1.82. The van der Waals surface area contributed by atoms with Gasteiger partial charge in [-0.05, 0) is 44.9 Å². The van der Waals surface area contributed by atoms with E-state index in [0.29, 0.717) is 6.42 Å². The van der Waals surface area contributed by atoms with Gasteiger partial charge in [0.2, 0.25) is 5.91 Å². The maximum atomic E-state index is 13.5. The number of hydrogen-bond acceptors (Lipinski definition) is 18. The Hall–Kier alpha value is -1.73. The Labute approximate surface area is 683 Å². The standard InChI is InChI=1S/C93H177NO18/c1-3-5-7-9-11-13-15-17-19-21-23-25-27-29-31-33-35-36-37-38-39-40-41-43-45-47-49-51-53-55-57-59-61-63-65-67-69-71-81(99)94-76(77(98)70-68-66-64-62-60-58-56-54-52-50-48-46-44-42-34-32-30-28-26-24-22-20-18-16-14-12-10-8-6-4-2)75-107-91-87(105)84(102)89(79(73-96)109-91)112-93-88(106)85(103)90(80(74-97)110-93)111-92-86(104)83(101)82(100)78(72-95)108-92/h21,23,68,70,76-80,82-93,95-98,100-106H,3-20,22,24-67,69,71-75H2,1-2H3,(H,94,99)/b23-21-,70-68+. The molecule has 3 aliphatic rings. The molecule has 3 aliphatic heterocycles. The molecule has 17 atom stereocenters. The highest BCUT2D eigenvalue weighted by Gasteiger charge is 2.54. The number of aliphatic hydroxyl groups excluding tert-OH is 11. The van der Waals surface area contributed by atoms with Gasteiger partial charge in [0, 0.05) is 6.42 Å². The molecule has 112 heavy (non-hydrogen) atoms. The van der Waals surface area contributed by atoms with Crippen LogP contribution in [0.2, 0.25) is 0 Å². The summed E-state index contributed by atoms with van der Waals surface area (Å²) < 4.78 is 34.6. The average Bonchev–Trinajstić information content (AvgIpc) is 0.781. The smallest absolute Gasteiger partial charge is 0.220 e. The second-order valence-corrected chi connectivity index (χ2v) is 34.2. The molecule has 3 saturated heterocycles. The van der Waals surface area contributed by atoms with E-state index >= 15 is 0 Å². The fourth-order valence-corrected chi connectivity index (χ4v) is 16.4. The number of ether oxygens (including phenoxy) is 6. The molecule has 0 aromatic rings. The van der Waals surface area contributed by atoms with E-state index in [1.165, 1.54) is 360 Å². The van der Waals surface area contributed by atoms with Gasteiger partial charge in [0.15, 0.2) is 18.9 Å². The van der Waals surface area contributed by atoms with Crippen LogP contribution in [0, 0.1) is 0 Å². The minimum Gasteiger partial charge on any atom is -0.394 e. The first kappa shape index (κ1) is 104. The number of unbranched alkanes of at least 4 members (excludes halogenated alkanes) is 61. The van der Waals surface area contributed by atoms with E-state index in [2.05, 4.69) is 31.3 Å². The fraction of sp³-hybridized carbons (Fsp3) is 0.946. The van der Waals surface area contributed by atoms with Crippen LogP contribution in [0.5, 0.6) is 0 Å². The summed E-state index contributed by atoms with van der Waals surface area (Å²) >= 11 is 0. The Balaban J connectivity index is 1.30. The van der Waals surface area contributed by atoms with E-state index in [9.17, 15) is 61.0 Å². The van der Waals surface area contributed by atoms with Gasteiger partial charge in [0.05, 0.1) is 38.6 Å². The van der Waals surface area contributed by atoms with Gasteiger partial charge in [0.25, 0.3) is 0 Å². The molecule has 0 aromatic carbocycles. The third-order valence-corrected chi connectivity index (χ3v) is 24.0. The molecule has 3 rings (SSSR count). The van der Waals surface area contributed by atoms with Gasteiger partial charge >= 0.3 is 0 Å². The van der Waals surface area contributed by atoms with Gasteiger partial charge in [-0.2, -0.15) is 0 Å². The lowest BCUT2D eigenvalue weighted by Crippen LogP contribution is -2.66. The third-order valence-electron chi connectivity index (χ3n) is 24.0. The van der Waals surface area contributed by atoms with Crippen LogP contribution in [0.15, 0.2) is 24.3 Å². The monoisotopic (exact) mass is 1600 g/mol. The number of amides is 1. The van der Waals surface area contributed by atoms with Crippen molar-refractivity contribution in [3.8, 4) is 0 Å². The number of carbonyl (C=O) groups excluding carboxylic acids is 1. The zero-order valence-electron chi connectivity index (χ0n) is 71.7. The Kier molecular flexibility index (Phi) is 68.3. The summed E-state index contributed by atoms with van der Waals surface area (Å²) in [5.41, 5.74) is 0. The van der Waals surface area contributed by atoms with Crippen LogP contribution < -0.4 is 5.32 Å². The minimum absolute atomic E-state index is 0.249. The molecule has 0 spiro atoms. The summed E-state index contributed by atoms with van der Waals surface area (Å²) in [5, 5.41) is 121. The molecule has 1 amide bonds. The molecule has 0 saturated carbocycles. The first-order chi connectivity index (χ1) is 54.8. The van der Waals surface area contributed by atoms with Crippen LogP contribution in [0.25, 0.3) is 0 Å². The highest BCUT2D eigenvalue weighted by molar-refractivity contribution is 5.76. The van der Waals surface area contributed by atoms with Gasteiger partial charge in [-0.1, -0.05) is 404 Å². The average molecular weight is 1600 g/mol. The van der Waals surface area contributed by atoms with Gasteiger partial charge in [-0.3, -0.25) is 4.79 Å². The molecule has 0 aromatic heterocycles. The van der Waals surface area contributed by atoms with Crippen molar-refractivity contribution in [2.45, 2.75) is 535 Å². The molecular formula is C93H177NO18. The van der Waals surface area contributed by atoms with Crippen molar-refractivity contribution in [1.29, 1.82) is 0 Å². The van der Waals surface area contributed by atoms with Crippen molar-refractivity contribution in [2.75, 3.05) is 26.4 Å². The van der Waals surface area contributed by atoms with Crippen molar-refractivity contribution >= 4 is 5.91 Å². The molecule has 662 valence electrons. The van der Waals surface area contributed by atoms with Crippen molar-refractivity contribution in [1.82, 2.24) is 5.32 Å². The Morgan fingerprint density at radius 1 is 0.312 bits per heavy atom. The van der Waals surface area contributed by atoms with Gasteiger partial charge in [-0.15, -0.1) is 0 Å². The molecule has 0 aliphatic carbocycles. The number of nitrogens with one attached hydrogen (secondary N) is 1. The Bertz CT molecular complexity index is 2110. The normalized spacial score (nSPS) is 25.0. The molecule has 19 nitrogen and oxygen atoms in total. The Morgan fingerprint density at radius 2 is 0.562 bits per heavy atom. The number of rotatable bonds is 79. The predicted octanol–water partition coefficient (Wildman–Crippen LogP) is 18.8. The zero-order valence-corrected chi connectivity index (χ0v) is 71.7. The molecule has 17 unspecified atom stereocenters. The fourth-order valence-electron chi connectivity index (χ4n) is 16.4. The van der Waals surface area contributed by atoms with E-state index in [1.807, 2.05) is 6.08 Å². The maximum Gasteiger partial charge on any atom is 0.220 e. The van der Waals surface area contributed by atoms with E-state index in [-0.39, 0.29) is 18.9 Å². The summed E-state index contributed by atoms with van der Waals surface area (Å²) in [4.78, 5) is 13.5. The van der Waals surface area contributed by atoms with E-state index < -0.39 is 124 Å². The van der Waals surface area contributed by atoms with Crippen LogP contribution >= 0.6 is 0 Å². The second-order valence-electron chi connectivity index (χ2n) is 34.2. The topological polar surface area (TPSA) is 307 Å². The summed E-state index contributed by atoms with van der Waals surface area (Å²) in [6.07, 6.45) is 66.4. The lowest BCUT2D eigenvalue weighted by molar-refractivity contribution is -0.379. The molecule has 0 radical (unpaired) electrons. The highest BCUT2D eigenvalue weighted by Crippen LogP contribution is 2.34. The predicted molar refractivity (Wildman–Crippen MR) is 453 cm³/mol. The van der Waals surface area contributed by atoms with Crippen LogP contribution in [-0.4, -0.2) is 193 Å². The maximum absolute atomic E-state index is 13.5.